The molecule has 7 nitrogen and oxygen atoms in total. The molecule has 2 heterocycles. The maximum atomic E-state index is 12.0. The second-order valence-corrected chi connectivity index (χ2v) is 3.77. The first-order valence-corrected chi connectivity index (χ1v) is 5.44. The molecule has 0 fully saturated rings. The van der Waals surface area contributed by atoms with Crippen LogP contribution < -0.4 is 5.32 Å². The van der Waals surface area contributed by atoms with E-state index in [1.807, 2.05) is 0 Å². The third kappa shape index (κ3) is 2.47. The molecule has 7 heteroatoms. The molecule has 2 rings (SSSR count). The first kappa shape index (κ1) is 12.5. The average molecular weight is 250 g/mol. The topological polar surface area (TPSA) is 88.8 Å². The molecule has 0 aliphatic heterocycles. The zero-order valence-corrected chi connectivity index (χ0v) is 9.91. The Labute approximate surface area is 103 Å². The van der Waals surface area contributed by atoms with E-state index in [-0.39, 0.29) is 19.1 Å². The van der Waals surface area contributed by atoms with Crippen LogP contribution in [0.25, 0.3) is 5.52 Å². The number of aromatic nitrogens is 3. The monoisotopic (exact) mass is 250 g/mol. The van der Waals surface area contributed by atoms with Crippen molar-refractivity contribution in [3.05, 3.63) is 30.4 Å². The number of carbonyl (C=O) groups is 1. The standard InChI is InChI=1S/C11H14N4O3/c1-18-7-8(6-16)14-11(17)9-4-13-15-3-2-12-5-10(9)15/h2-5,8,16H,6-7H2,1H3,(H,14,17). The van der Waals surface area contributed by atoms with Gasteiger partial charge in [-0.05, 0) is 0 Å². The van der Waals surface area contributed by atoms with E-state index in [4.69, 9.17) is 9.84 Å². The Bertz CT molecular complexity index is 540. The molecule has 18 heavy (non-hydrogen) atoms. The van der Waals surface area contributed by atoms with Gasteiger partial charge in [-0.25, -0.2) is 4.52 Å². The van der Waals surface area contributed by atoms with Crippen molar-refractivity contribution >= 4 is 11.4 Å². The van der Waals surface area contributed by atoms with E-state index in [0.717, 1.165) is 0 Å². The number of amides is 1. The number of fused-ring (bicyclic) bond motifs is 1. The Morgan fingerprint density at radius 1 is 1.61 bits per heavy atom. The SMILES string of the molecule is COCC(CO)NC(=O)c1cnn2ccncc12. The normalized spacial score (nSPS) is 12.6. The predicted molar refractivity (Wildman–Crippen MR) is 63.2 cm³/mol. The molecule has 1 atom stereocenters. The minimum Gasteiger partial charge on any atom is -0.394 e. The third-order valence-corrected chi connectivity index (χ3v) is 2.49. The van der Waals surface area contributed by atoms with Crippen LogP contribution in [0.3, 0.4) is 0 Å². The van der Waals surface area contributed by atoms with E-state index >= 15 is 0 Å². The van der Waals surface area contributed by atoms with Crippen LogP contribution in [0.1, 0.15) is 10.4 Å². The maximum absolute atomic E-state index is 12.0. The summed E-state index contributed by atoms with van der Waals surface area (Å²) in [6.07, 6.45) is 6.27. The number of methoxy groups -OCH3 is 1. The van der Waals surface area contributed by atoms with Crippen LogP contribution in [-0.2, 0) is 4.74 Å². The summed E-state index contributed by atoms with van der Waals surface area (Å²) in [7, 11) is 1.51. The Morgan fingerprint density at radius 2 is 2.44 bits per heavy atom. The molecule has 2 aromatic rings. The molecule has 0 saturated carbocycles. The highest BCUT2D eigenvalue weighted by atomic mass is 16.5. The van der Waals surface area contributed by atoms with Gasteiger partial charge in [-0.3, -0.25) is 9.78 Å². The number of aliphatic hydroxyl groups excluding tert-OH is 1. The van der Waals surface area contributed by atoms with Crippen molar-refractivity contribution in [1.29, 1.82) is 0 Å². The lowest BCUT2D eigenvalue weighted by Gasteiger charge is -2.14. The molecule has 1 unspecified atom stereocenters. The van der Waals surface area contributed by atoms with Gasteiger partial charge in [0.15, 0.2) is 0 Å². The molecule has 0 saturated heterocycles. The summed E-state index contributed by atoms with van der Waals surface area (Å²) in [4.78, 5) is 16.0. The Kier molecular flexibility index (Phi) is 3.85. The quantitative estimate of drug-likeness (QED) is 0.744. The molecule has 0 bridgehead atoms. The molecular weight excluding hydrogens is 236 g/mol. The molecule has 0 aliphatic carbocycles. The molecule has 0 aliphatic rings. The number of hydrogen-bond acceptors (Lipinski definition) is 5. The minimum absolute atomic E-state index is 0.183. The summed E-state index contributed by atoms with van der Waals surface area (Å²) >= 11 is 0. The molecule has 0 radical (unpaired) electrons. The molecular formula is C11H14N4O3. The largest absolute Gasteiger partial charge is 0.394 e. The fourth-order valence-electron chi connectivity index (χ4n) is 1.61. The summed E-state index contributed by atoms with van der Waals surface area (Å²) in [5.41, 5.74) is 1.03. The summed E-state index contributed by atoms with van der Waals surface area (Å²) in [6, 6.07) is -0.436. The van der Waals surface area contributed by atoms with Gasteiger partial charge in [0.1, 0.15) is 0 Å². The number of nitrogens with zero attached hydrogens (tertiary/aromatic N) is 3. The van der Waals surface area contributed by atoms with Gasteiger partial charge in [-0.1, -0.05) is 0 Å². The van der Waals surface area contributed by atoms with E-state index < -0.39 is 6.04 Å². The second-order valence-electron chi connectivity index (χ2n) is 3.77. The number of rotatable bonds is 5. The Hall–Kier alpha value is -1.99. The highest BCUT2D eigenvalue weighted by Gasteiger charge is 2.16. The Balaban J connectivity index is 2.18. The van der Waals surface area contributed by atoms with E-state index in [2.05, 4.69) is 15.4 Å². The van der Waals surface area contributed by atoms with Crippen molar-refractivity contribution in [3.63, 3.8) is 0 Å². The first-order chi connectivity index (χ1) is 8.76. The van der Waals surface area contributed by atoms with Crippen LogP contribution in [0.5, 0.6) is 0 Å². The zero-order valence-electron chi connectivity index (χ0n) is 9.91. The second kappa shape index (κ2) is 5.56. The predicted octanol–water partition coefficient (Wildman–Crippen LogP) is -0.534. The van der Waals surface area contributed by atoms with Gasteiger partial charge in [0.05, 0.1) is 42.7 Å². The van der Waals surface area contributed by atoms with E-state index in [1.165, 1.54) is 13.3 Å². The van der Waals surface area contributed by atoms with Gasteiger partial charge >= 0.3 is 0 Å². The van der Waals surface area contributed by atoms with Gasteiger partial charge in [0, 0.05) is 19.5 Å². The first-order valence-electron chi connectivity index (χ1n) is 5.44. The van der Waals surface area contributed by atoms with Crippen molar-refractivity contribution in [3.8, 4) is 0 Å². The van der Waals surface area contributed by atoms with Crippen molar-refractivity contribution in [2.75, 3.05) is 20.3 Å². The lowest BCUT2D eigenvalue weighted by atomic mass is 10.2. The van der Waals surface area contributed by atoms with Crippen molar-refractivity contribution in [2.24, 2.45) is 0 Å². The van der Waals surface area contributed by atoms with Crippen molar-refractivity contribution in [1.82, 2.24) is 19.9 Å². The van der Waals surface area contributed by atoms with E-state index in [9.17, 15) is 4.79 Å². The minimum atomic E-state index is -0.436. The number of hydrogen-bond donors (Lipinski definition) is 2. The number of nitrogens with one attached hydrogen (secondary N) is 1. The molecule has 0 aromatic carbocycles. The van der Waals surface area contributed by atoms with Gasteiger partial charge in [0.2, 0.25) is 0 Å². The van der Waals surface area contributed by atoms with Gasteiger partial charge < -0.3 is 15.2 Å². The maximum Gasteiger partial charge on any atom is 0.255 e. The lowest BCUT2D eigenvalue weighted by molar-refractivity contribution is 0.0841. The Morgan fingerprint density at radius 3 is 3.17 bits per heavy atom. The molecule has 1 amide bonds. The van der Waals surface area contributed by atoms with E-state index in [1.54, 1.807) is 23.1 Å². The van der Waals surface area contributed by atoms with E-state index in [0.29, 0.717) is 11.1 Å². The van der Waals surface area contributed by atoms with Crippen LogP contribution in [0.4, 0.5) is 0 Å². The van der Waals surface area contributed by atoms with Gasteiger partial charge in [-0.15, -0.1) is 0 Å². The van der Waals surface area contributed by atoms with Gasteiger partial charge in [-0.2, -0.15) is 5.10 Å². The summed E-state index contributed by atoms with van der Waals surface area (Å²) < 4.78 is 6.45. The van der Waals surface area contributed by atoms with Crippen LogP contribution >= 0.6 is 0 Å². The number of carbonyl (C=O) groups excluding carboxylic acids is 1. The average Bonchev–Trinajstić information content (AvgIpc) is 2.82. The van der Waals surface area contributed by atoms with Crippen molar-refractivity contribution < 1.29 is 14.6 Å². The van der Waals surface area contributed by atoms with Gasteiger partial charge in [0.25, 0.3) is 5.91 Å². The van der Waals surface area contributed by atoms with Crippen LogP contribution in [0.15, 0.2) is 24.8 Å². The smallest absolute Gasteiger partial charge is 0.255 e. The third-order valence-electron chi connectivity index (χ3n) is 2.49. The lowest BCUT2D eigenvalue weighted by Crippen LogP contribution is -2.40. The molecule has 2 N–H and O–H groups in total. The van der Waals surface area contributed by atoms with Crippen molar-refractivity contribution in [2.45, 2.75) is 6.04 Å². The number of ether oxygens (including phenoxy) is 1. The zero-order chi connectivity index (χ0) is 13.0. The summed E-state index contributed by atoms with van der Waals surface area (Å²) in [5.74, 6) is -0.311. The molecule has 2 aromatic heterocycles. The fourth-order valence-corrected chi connectivity index (χ4v) is 1.61. The summed E-state index contributed by atoms with van der Waals surface area (Å²) in [6.45, 7) is 0.0662. The number of aliphatic hydroxyl groups is 1. The molecule has 96 valence electrons. The van der Waals surface area contributed by atoms with Crippen LogP contribution in [-0.4, -0.2) is 52.0 Å². The highest BCUT2D eigenvalue weighted by molar-refractivity contribution is 6.00. The highest BCUT2D eigenvalue weighted by Crippen LogP contribution is 2.08. The molecule has 0 spiro atoms. The van der Waals surface area contributed by atoms with Crippen LogP contribution in [0.2, 0.25) is 0 Å². The summed E-state index contributed by atoms with van der Waals surface area (Å²) in [5, 5.41) is 15.8. The van der Waals surface area contributed by atoms with Crippen LogP contribution in [0, 0.1) is 0 Å². The fraction of sp³-hybridized carbons (Fsp3) is 0.364.